The number of hydrogen-bond acceptors (Lipinski definition) is 2. The highest BCUT2D eigenvalue weighted by Crippen LogP contribution is 2.34. The standard InChI is InChI=1S/C10H19NO2/c1-9(2,3)6-8(12)11-7-10(13)4-5-10/h13H,4-7H2,1-3H3,(H,11,12). The van der Waals surface area contributed by atoms with E-state index in [1.54, 1.807) is 0 Å². The molecule has 13 heavy (non-hydrogen) atoms. The van der Waals surface area contributed by atoms with Gasteiger partial charge in [-0.1, -0.05) is 20.8 Å². The van der Waals surface area contributed by atoms with Gasteiger partial charge in [-0.3, -0.25) is 4.79 Å². The molecular weight excluding hydrogens is 166 g/mol. The van der Waals surface area contributed by atoms with Crippen LogP contribution in [-0.4, -0.2) is 23.2 Å². The molecule has 0 heterocycles. The minimum atomic E-state index is -0.576. The van der Waals surface area contributed by atoms with Crippen molar-refractivity contribution in [2.75, 3.05) is 6.54 Å². The van der Waals surface area contributed by atoms with E-state index in [0.717, 1.165) is 12.8 Å². The summed E-state index contributed by atoms with van der Waals surface area (Å²) in [6, 6.07) is 0. The second-order valence-corrected chi connectivity index (χ2v) is 5.24. The molecular formula is C10H19NO2. The normalized spacial score (nSPS) is 19.7. The fourth-order valence-electron chi connectivity index (χ4n) is 1.13. The van der Waals surface area contributed by atoms with Crippen LogP contribution in [0.15, 0.2) is 0 Å². The van der Waals surface area contributed by atoms with Gasteiger partial charge in [-0.05, 0) is 18.3 Å². The van der Waals surface area contributed by atoms with Crippen molar-refractivity contribution in [2.45, 2.75) is 45.6 Å². The monoisotopic (exact) mass is 185 g/mol. The Morgan fingerprint density at radius 1 is 1.46 bits per heavy atom. The van der Waals surface area contributed by atoms with E-state index in [0.29, 0.717) is 13.0 Å². The minimum absolute atomic E-state index is 0.0241. The van der Waals surface area contributed by atoms with E-state index in [9.17, 15) is 9.90 Å². The molecule has 3 heteroatoms. The first-order valence-electron chi connectivity index (χ1n) is 4.80. The van der Waals surface area contributed by atoms with Crippen LogP contribution in [0, 0.1) is 5.41 Å². The number of carbonyl (C=O) groups excluding carboxylic acids is 1. The molecule has 1 aliphatic carbocycles. The van der Waals surface area contributed by atoms with Gasteiger partial charge in [0.2, 0.25) is 5.91 Å². The van der Waals surface area contributed by atoms with Crippen molar-refractivity contribution in [2.24, 2.45) is 5.41 Å². The summed E-state index contributed by atoms with van der Waals surface area (Å²) >= 11 is 0. The summed E-state index contributed by atoms with van der Waals surface area (Å²) in [4.78, 5) is 11.3. The lowest BCUT2D eigenvalue weighted by Gasteiger charge is -2.18. The van der Waals surface area contributed by atoms with Crippen LogP contribution in [0.3, 0.4) is 0 Å². The summed E-state index contributed by atoms with van der Waals surface area (Å²) in [6.45, 7) is 6.50. The summed E-state index contributed by atoms with van der Waals surface area (Å²) in [7, 11) is 0. The van der Waals surface area contributed by atoms with Gasteiger partial charge in [0.1, 0.15) is 0 Å². The Morgan fingerprint density at radius 2 is 2.00 bits per heavy atom. The zero-order valence-corrected chi connectivity index (χ0v) is 8.68. The Balaban J connectivity index is 2.18. The fraction of sp³-hybridized carbons (Fsp3) is 0.900. The molecule has 0 bridgehead atoms. The van der Waals surface area contributed by atoms with Crippen LogP contribution in [-0.2, 0) is 4.79 Å². The van der Waals surface area contributed by atoms with E-state index < -0.39 is 5.60 Å². The average molecular weight is 185 g/mol. The number of nitrogens with one attached hydrogen (secondary N) is 1. The second-order valence-electron chi connectivity index (χ2n) is 5.24. The highest BCUT2D eigenvalue weighted by molar-refractivity contribution is 5.76. The summed E-state index contributed by atoms with van der Waals surface area (Å²) in [5, 5.41) is 12.2. The Labute approximate surface area is 79.5 Å². The van der Waals surface area contributed by atoms with Gasteiger partial charge in [-0.2, -0.15) is 0 Å². The number of aliphatic hydroxyl groups is 1. The first kappa shape index (κ1) is 10.5. The molecule has 1 fully saturated rings. The lowest BCUT2D eigenvalue weighted by Crippen LogP contribution is -2.35. The molecule has 0 saturated heterocycles. The average Bonchev–Trinajstić information content (AvgIpc) is 2.62. The van der Waals surface area contributed by atoms with Crippen molar-refractivity contribution in [3.63, 3.8) is 0 Å². The molecule has 0 atom stereocenters. The van der Waals surface area contributed by atoms with Crippen molar-refractivity contribution >= 4 is 5.91 Å². The fourth-order valence-corrected chi connectivity index (χ4v) is 1.13. The molecule has 0 unspecified atom stereocenters. The van der Waals surface area contributed by atoms with Crippen LogP contribution in [0.4, 0.5) is 0 Å². The zero-order valence-electron chi connectivity index (χ0n) is 8.68. The first-order valence-corrected chi connectivity index (χ1v) is 4.80. The summed E-state index contributed by atoms with van der Waals surface area (Å²) in [6.07, 6.45) is 2.16. The van der Waals surface area contributed by atoms with Gasteiger partial charge in [0.15, 0.2) is 0 Å². The van der Waals surface area contributed by atoms with Crippen molar-refractivity contribution in [3.05, 3.63) is 0 Å². The molecule has 0 aromatic carbocycles. The van der Waals surface area contributed by atoms with E-state index in [1.165, 1.54) is 0 Å². The zero-order chi connectivity index (χ0) is 10.1. The smallest absolute Gasteiger partial charge is 0.220 e. The number of rotatable bonds is 3. The van der Waals surface area contributed by atoms with Crippen molar-refractivity contribution in [1.29, 1.82) is 0 Å². The van der Waals surface area contributed by atoms with Crippen molar-refractivity contribution < 1.29 is 9.90 Å². The maximum absolute atomic E-state index is 11.3. The third-order valence-corrected chi connectivity index (χ3v) is 2.13. The molecule has 0 aliphatic heterocycles. The topological polar surface area (TPSA) is 49.3 Å². The maximum atomic E-state index is 11.3. The molecule has 3 nitrogen and oxygen atoms in total. The van der Waals surface area contributed by atoms with Crippen LogP contribution in [0.5, 0.6) is 0 Å². The van der Waals surface area contributed by atoms with Crippen LogP contribution in [0.2, 0.25) is 0 Å². The quantitative estimate of drug-likeness (QED) is 0.691. The Morgan fingerprint density at radius 3 is 2.38 bits per heavy atom. The number of amides is 1. The maximum Gasteiger partial charge on any atom is 0.220 e. The molecule has 1 rings (SSSR count). The van der Waals surface area contributed by atoms with Gasteiger partial charge in [0.05, 0.1) is 5.60 Å². The largest absolute Gasteiger partial charge is 0.388 e. The molecule has 2 N–H and O–H groups in total. The molecule has 1 saturated carbocycles. The van der Waals surface area contributed by atoms with Gasteiger partial charge >= 0.3 is 0 Å². The predicted molar refractivity (Wildman–Crippen MR) is 51.3 cm³/mol. The van der Waals surface area contributed by atoms with Crippen LogP contribution in [0.25, 0.3) is 0 Å². The second kappa shape index (κ2) is 3.29. The number of carbonyl (C=O) groups is 1. The molecule has 76 valence electrons. The Kier molecular flexibility index (Phi) is 2.66. The van der Waals surface area contributed by atoms with E-state index in [4.69, 9.17) is 0 Å². The van der Waals surface area contributed by atoms with E-state index in [2.05, 4.69) is 5.32 Å². The third kappa shape index (κ3) is 4.27. The molecule has 1 aliphatic rings. The van der Waals surface area contributed by atoms with Crippen molar-refractivity contribution in [3.8, 4) is 0 Å². The molecule has 0 spiro atoms. The molecule has 0 radical (unpaired) electrons. The summed E-state index contributed by atoms with van der Waals surface area (Å²) in [5.41, 5.74) is -0.552. The van der Waals surface area contributed by atoms with Gasteiger partial charge in [0.25, 0.3) is 0 Å². The minimum Gasteiger partial charge on any atom is -0.388 e. The molecule has 0 aromatic heterocycles. The highest BCUT2D eigenvalue weighted by Gasteiger charge is 2.40. The van der Waals surface area contributed by atoms with Gasteiger partial charge in [-0.25, -0.2) is 0 Å². The van der Waals surface area contributed by atoms with Crippen LogP contribution < -0.4 is 5.32 Å². The van der Waals surface area contributed by atoms with Gasteiger partial charge in [0, 0.05) is 13.0 Å². The summed E-state index contributed by atoms with van der Waals surface area (Å²) in [5.74, 6) is 0.0350. The third-order valence-electron chi connectivity index (χ3n) is 2.13. The van der Waals surface area contributed by atoms with Gasteiger partial charge in [-0.15, -0.1) is 0 Å². The van der Waals surface area contributed by atoms with E-state index in [1.807, 2.05) is 20.8 Å². The number of hydrogen-bond donors (Lipinski definition) is 2. The van der Waals surface area contributed by atoms with Gasteiger partial charge < -0.3 is 10.4 Å². The molecule has 0 aromatic rings. The first-order chi connectivity index (χ1) is 5.81. The highest BCUT2D eigenvalue weighted by atomic mass is 16.3. The Hall–Kier alpha value is -0.570. The lowest BCUT2D eigenvalue weighted by atomic mass is 9.92. The van der Waals surface area contributed by atoms with Crippen LogP contribution in [0.1, 0.15) is 40.0 Å². The van der Waals surface area contributed by atoms with Crippen LogP contribution >= 0.6 is 0 Å². The van der Waals surface area contributed by atoms with E-state index in [-0.39, 0.29) is 11.3 Å². The van der Waals surface area contributed by atoms with E-state index >= 15 is 0 Å². The van der Waals surface area contributed by atoms with Crippen molar-refractivity contribution in [1.82, 2.24) is 5.32 Å². The Bertz CT molecular complexity index is 201. The lowest BCUT2D eigenvalue weighted by molar-refractivity contribution is -0.123. The SMILES string of the molecule is CC(C)(C)CC(=O)NCC1(O)CC1. The molecule has 1 amide bonds. The summed E-state index contributed by atoms with van der Waals surface area (Å²) < 4.78 is 0. The predicted octanol–water partition coefficient (Wildman–Crippen LogP) is 1.06.